The van der Waals surface area contributed by atoms with Gasteiger partial charge in [-0.05, 0) is 38.3 Å². The van der Waals surface area contributed by atoms with Crippen LogP contribution in [-0.4, -0.2) is 39.7 Å². The molecule has 124 valence electrons. The molecule has 6 nitrogen and oxygen atoms in total. The predicted molar refractivity (Wildman–Crippen MR) is 83.7 cm³/mol. The summed E-state index contributed by atoms with van der Waals surface area (Å²) in [7, 11) is -3.90. The third-order valence-electron chi connectivity index (χ3n) is 3.22. The maximum absolute atomic E-state index is 12.0. The van der Waals surface area contributed by atoms with Crippen molar-refractivity contribution in [1.82, 2.24) is 4.72 Å². The second-order valence-electron chi connectivity index (χ2n) is 4.99. The van der Waals surface area contributed by atoms with E-state index < -0.39 is 22.0 Å². The zero-order valence-electron chi connectivity index (χ0n) is 12.1. The van der Waals surface area contributed by atoms with E-state index in [0.717, 1.165) is 30.6 Å². The second-order valence-corrected chi connectivity index (χ2v) is 8.62. The topological polar surface area (TPSA) is 81.7 Å². The Morgan fingerprint density at radius 1 is 1.55 bits per heavy atom. The van der Waals surface area contributed by atoms with Gasteiger partial charge >= 0.3 is 0 Å². The molecule has 9 heteroatoms. The number of carbonyl (C=O) groups excluding carboxylic acids is 1. The first-order chi connectivity index (χ1) is 10.4. The minimum atomic E-state index is -3.90. The lowest BCUT2D eigenvalue weighted by atomic mass is 10.1. The van der Waals surface area contributed by atoms with Crippen LogP contribution < -0.4 is 4.72 Å². The number of sulfonamides is 1. The Bertz CT molecular complexity index is 610. The molecule has 22 heavy (non-hydrogen) atoms. The zero-order chi connectivity index (χ0) is 16.2. The van der Waals surface area contributed by atoms with Crippen molar-refractivity contribution in [2.75, 3.05) is 13.2 Å². The van der Waals surface area contributed by atoms with Crippen molar-refractivity contribution in [2.45, 2.75) is 42.6 Å². The number of rotatable bonds is 6. The van der Waals surface area contributed by atoms with Gasteiger partial charge in [-0.1, -0.05) is 11.6 Å². The lowest BCUT2D eigenvalue weighted by Gasteiger charge is -2.23. The molecule has 2 rings (SSSR count). The number of hydrogen-bond acceptors (Lipinski definition) is 6. The van der Waals surface area contributed by atoms with E-state index in [1.165, 1.54) is 19.1 Å². The van der Waals surface area contributed by atoms with Gasteiger partial charge < -0.3 is 9.47 Å². The molecule has 1 aliphatic rings. The molecule has 1 aromatic rings. The summed E-state index contributed by atoms with van der Waals surface area (Å²) in [6.07, 6.45) is 2.09. The first-order valence-corrected chi connectivity index (χ1v) is 9.61. The molecule has 0 spiro atoms. The average molecular weight is 368 g/mol. The van der Waals surface area contributed by atoms with Gasteiger partial charge in [-0.3, -0.25) is 4.79 Å². The molecule has 0 aromatic carbocycles. The number of carbonyl (C=O) groups is 1. The summed E-state index contributed by atoms with van der Waals surface area (Å²) in [5.74, 6) is -0.708. The highest BCUT2D eigenvalue weighted by molar-refractivity contribution is 7.92. The minimum Gasteiger partial charge on any atom is -0.376 e. The highest BCUT2D eigenvalue weighted by Crippen LogP contribution is 2.25. The molecule has 1 aliphatic heterocycles. The predicted octanol–water partition coefficient (Wildman–Crippen LogP) is 2.18. The summed E-state index contributed by atoms with van der Waals surface area (Å²) in [5, 5.41) is 0. The fourth-order valence-corrected chi connectivity index (χ4v) is 4.50. The van der Waals surface area contributed by atoms with Crippen molar-refractivity contribution >= 4 is 38.9 Å². The van der Waals surface area contributed by atoms with E-state index in [9.17, 15) is 13.2 Å². The van der Waals surface area contributed by atoms with Crippen molar-refractivity contribution < 1.29 is 22.7 Å². The van der Waals surface area contributed by atoms with Gasteiger partial charge in [-0.15, -0.1) is 11.3 Å². The van der Waals surface area contributed by atoms with Crippen LogP contribution in [0.15, 0.2) is 16.3 Å². The molecule has 1 aromatic heterocycles. The van der Waals surface area contributed by atoms with Crippen molar-refractivity contribution in [3.05, 3.63) is 16.5 Å². The molecule has 2 unspecified atom stereocenters. The van der Waals surface area contributed by atoms with Gasteiger partial charge in [0, 0.05) is 6.61 Å². The van der Waals surface area contributed by atoms with E-state index in [1.807, 2.05) is 4.72 Å². The molecular weight excluding hydrogens is 350 g/mol. The Balaban J connectivity index is 1.85. The van der Waals surface area contributed by atoms with Crippen LogP contribution in [0.3, 0.4) is 0 Å². The van der Waals surface area contributed by atoms with Crippen molar-refractivity contribution in [1.29, 1.82) is 0 Å². The van der Waals surface area contributed by atoms with Crippen molar-refractivity contribution in [2.24, 2.45) is 0 Å². The first-order valence-electron chi connectivity index (χ1n) is 6.93. The maximum Gasteiger partial charge on any atom is 0.273 e. The number of nitrogens with one attached hydrogen (secondary N) is 1. The van der Waals surface area contributed by atoms with E-state index in [2.05, 4.69) is 0 Å². The summed E-state index contributed by atoms with van der Waals surface area (Å²) >= 11 is 6.59. The van der Waals surface area contributed by atoms with E-state index in [1.54, 1.807) is 0 Å². The highest BCUT2D eigenvalue weighted by atomic mass is 35.5. The van der Waals surface area contributed by atoms with Crippen LogP contribution in [0.25, 0.3) is 0 Å². The quantitative estimate of drug-likeness (QED) is 0.833. The van der Waals surface area contributed by atoms with Gasteiger partial charge in [0.15, 0.2) is 0 Å². The standard InChI is InChI=1S/C13H18ClNO5S2/c1-9(20-8-10-4-2-3-7-19-10)13(16)15-22(17,18)12-6-5-11(14)21-12/h5-6,9-10H,2-4,7-8H2,1H3,(H,15,16). The summed E-state index contributed by atoms with van der Waals surface area (Å²) in [6, 6.07) is 2.82. The van der Waals surface area contributed by atoms with Gasteiger partial charge in [0.25, 0.3) is 15.9 Å². The minimum absolute atomic E-state index is 0.00587. The summed E-state index contributed by atoms with van der Waals surface area (Å²) in [4.78, 5) is 11.9. The molecule has 1 N–H and O–H groups in total. The molecule has 0 saturated carbocycles. The number of amides is 1. The Morgan fingerprint density at radius 3 is 2.91 bits per heavy atom. The zero-order valence-corrected chi connectivity index (χ0v) is 14.5. The van der Waals surface area contributed by atoms with Gasteiger partial charge in [0.1, 0.15) is 10.3 Å². The second kappa shape index (κ2) is 7.74. The Kier molecular flexibility index (Phi) is 6.22. The third kappa shape index (κ3) is 4.92. The fraction of sp³-hybridized carbons (Fsp3) is 0.615. The summed E-state index contributed by atoms with van der Waals surface area (Å²) < 4.78 is 37.2. The fourth-order valence-electron chi connectivity index (χ4n) is 1.97. The Hall–Kier alpha value is -0.670. The molecule has 1 fully saturated rings. The number of ether oxygens (including phenoxy) is 2. The molecule has 0 bridgehead atoms. The molecule has 2 heterocycles. The number of hydrogen-bond donors (Lipinski definition) is 1. The van der Waals surface area contributed by atoms with Crippen LogP contribution in [0.4, 0.5) is 0 Å². The normalized spacial score (nSPS) is 20.5. The van der Waals surface area contributed by atoms with E-state index >= 15 is 0 Å². The van der Waals surface area contributed by atoms with Crippen molar-refractivity contribution in [3.63, 3.8) is 0 Å². The van der Waals surface area contributed by atoms with Crippen LogP contribution >= 0.6 is 22.9 Å². The maximum atomic E-state index is 12.0. The molecule has 2 atom stereocenters. The molecular formula is C13H18ClNO5S2. The summed E-state index contributed by atoms with van der Waals surface area (Å²) in [5.41, 5.74) is 0. The van der Waals surface area contributed by atoms with Crippen LogP contribution in [0.1, 0.15) is 26.2 Å². The summed E-state index contributed by atoms with van der Waals surface area (Å²) in [6.45, 7) is 2.48. The SMILES string of the molecule is CC(OCC1CCCCO1)C(=O)NS(=O)(=O)c1ccc(Cl)s1. The monoisotopic (exact) mass is 367 g/mol. The molecule has 0 radical (unpaired) electrons. The third-order valence-corrected chi connectivity index (χ3v) is 6.29. The van der Waals surface area contributed by atoms with Gasteiger partial charge in [0.2, 0.25) is 0 Å². The van der Waals surface area contributed by atoms with Crippen molar-refractivity contribution in [3.8, 4) is 0 Å². The van der Waals surface area contributed by atoms with Crippen LogP contribution in [0.5, 0.6) is 0 Å². The largest absolute Gasteiger partial charge is 0.376 e. The Morgan fingerprint density at radius 2 is 2.32 bits per heavy atom. The Labute approximate surface area is 138 Å². The highest BCUT2D eigenvalue weighted by Gasteiger charge is 2.24. The van der Waals surface area contributed by atoms with Gasteiger partial charge in [-0.25, -0.2) is 13.1 Å². The van der Waals surface area contributed by atoms with E-state index in [-0.39, 0.29) is 16.9 Å². The van der Waals surface area contributed by atoms with Crippen LogP contribution in [0.2, 0.25) is 4.34 Å². The molecule has 1 saturated heterocycles. The van der Waals surface area contributed by atoms with E-state index in [0.29, 0.717) is 10.9 Å². The first kappa shape index (κ1) is 17.7. The molecule has 1 amide bonds. The molecule has 0 aliphatic carbocycles. The van der Waals surface area contributed by atoms with Gasteiger partial charge in [-0.2, -0.15) is 0 Å². The van der Waals surface area contributed by atoms with Crippen LogP contribution in [-0.2, 0) is 24.3 Å². The number of halogens is 1. The van der Waals surface area contributed by atoms with Crippen LogP contribution in [0, 0.1) is 0 Å². The number of thiophene rings is 1. The van der Waals surface area contributed by atoms with Gasteiger partial charge in [0.05, 0.1) is 17.0 Å². The van der Waals surface area contributed by atoms with E-state index in [4.69, 9.17) is 21.1 Å². The smallest absolute Gasteiger partial charge is 0.273 e. The lowest BCUT2D eigenvalue weighted by Crippen LogP contribution is -2.39. The average Bonchev–Trinajstić information content (AvgIpc) is 2.93. The lowest BCUT2D eigenvalue weighted by molar-refractivity contribution is -0.133.